The summed E-state index contributed by atoms with van der Waals surface area (Å²) >= 11 is 0. The van der Waals surface area contributed by atoms with Gasteiger partial charge in [0.1, 0.15) is 13.2 Å². The fraction of sp³-hybridized carbons (Fsp3) is 0.167. The second-order valence-electron chi connectivity index (χ2n) is 7.87. The normalized spacial score (nSPS) is 14.9. The Morgan fingerprint density at radius 3 is 2.26 bits per heavy atom. The van der Waals surface area contributed by atoms with Crippen LogP contribution in [0.5, 0.6) is 11.5 Å². The second kappa shape index (κ2) is 9.18. The van der Waals surface area contributed by atoms with E-state index in [4.69, 9.17) is 9.47 Å². The zero-order valence-corrected chi connectivity index (χ0v) is 19.3. The molecule has 0 aromatic heterocycles. The first-order chi connectivity index (χ1) is 16.9. The van der Waals surface area contributed by atoms with Crippen LogP contribution in [0.1, 0.15) is 10.4 Å². The number of hydrogen-bond acceptors (Lipinski definition) is 6. The van der Waals surface area contributed by atoms with Crippen molar-refractivity contribution in [1.29, 1.82) is 0 Å². The van der Waals surface area contributed by atoms with Gasteiger partial charge in [-0.2, -0.15) is 0 Å². The summed E-state index contributed by atoms with van der Waals surface area (Å²) in [4.78, 5) is 26.0. The summed E-state index contributed by atoms with van der Waals surface area (Å²) in [5.74, 6) is 0.530. The fourth-order valence-corrected chi connectivity index (χ4v) is 4.81. The van der Waals surface area contributed by atoms with Crippen LogP contribution >= 0.6 is 0 Å². The van der Waals surface area contributed by atoms with Gasteiger partial charge in [0, 0.05) is 41.8 Å². The minimum Gasteiger partial charge on any atom is -0.486 e. The number of rotatable bonds is 6. The molecule has 11 heteroatoms. The Labute approximate surface area is 201 Å². The monoisotopic (exact) mass is 494 g/mol. The van der Waals surface area contributed by atoms with Crippen molar-refractivity contribution in [3.05, 3.63) is 72.3 Å². The fourth-order valence-electron chi connectivity index (χ4n) is 3.74. The van der Waals surface area contributed by atoms with Crippen LogP contribution in [-0.2, 0) is 10.0 Å². The molecule has 35 heavy (non-hydrogen) atoms. The molecule has 5 rings (SSSR count). The van der Waals surface area contributed by atoms with E-state index in [1.807, 2.05) is 0 Å². The average molecular weight is 495 g/mol. The number of carbonyl (C=O) groups is 2. The highest BCUT2D eigenvalue weighted by Crippen LogP contribution is 2.32. The van der Waals surface area contributed by atoms with Crippen molar-refractivity contribution in [1.82, 2.24) is 5.32 Å². The minimum atomic E-state index is -3.86. The van der Waals surface area contributed by atoms with Crippen LogP contribution in [0.2, 0.25) is 0 Å². The number of nitrogens with zero attached hydrogens (tertiary/aromatic N) is 1. The number of nitrogens with one attached hydrogen (secondary N) is 3. The average Bonchev–Trinajstić information content (AvgIpc) is 3.30. The van der Waals surface area contributed by atoms with Gasteiger partial charge < -0.3 is 20.1 Å². The number of anilines is 3. The molecular formula is C24H22N4O6S. The highest BCUT2D eigenvalue weighted by molar-refractivity contribution is 7.92. The van der Waals surface area contributed by atoms with Gasteiger partial charge in [-0.15, -0.1) is 0 Å². The van der Waals surface area contributed by atoms with Gasteiger partial charge in [0.2, 0.25) is 0 Å². The number of urea groups is 1. The predicted octanol–water partition coefficient (Wildman–Crippen LogP) is 3.04. The summed E-state index contributed by atoms with van der Waals surface area (Å²) in [6, 6.07) is 17.3. The Kier molecular flexibility index (Phi) is 5.91. The molecular weight excluding hydrogens is 472 g/mol. The van der Waals surface area contributed by atoms with E-state index in [0.717, 1.165) is 5.69 Å². The van der Waals surface area contributed by atoms with Crippen LogP contribution in [0.25, 0.3) is 0 Å². The maximum absolute atomic E-state index is 12.8. The number of carbonyl (C=O) groups excluding carboxylic acids is 2. The third kappa shape index (κ3) is 4.85. The van der Waals surface area contributed by atoms with Crippen molar-refractivity contribution in [2.45, 2.75) is 4.90 Å². The number of hydrogen-bond donors (Lipinski definition) is 3. The molecule has 2 aliphatic heterocycles. The molecule has 180 valence electrons. The van der Waals surface area contributed by atoms with Gasteiger partial charge >= 0.3 is 6.03 Å². The summed E-state index contributed by atoms with van der Waals surface area (Å²) in [6.07, 6.45) is 0. The van der Waals surface area contributed by atoms with E-state index in [1.165, 1.54) is 36.4 Å². The van der Waals surface area contributed by atoms with Crippen LogP contribution in [0.15, 0.2) is 71.6 Å². The number of ether oxygens (including phenoxy) is 2. The van der Waals surface area contributed by atoms with Crippen molar-refractivity contribution in [3.8, 4) is 11.5 Å². The molecule has 0 spiro atoms. The van der Waals surface area contributed by atoms with Crippen molar-refractivity contribution in [3.63, 3.8) is 0 Å². The number of sulfonamides is 1. The van der Waals surface area contributed by atoms with Crippen molar-refractivity contribution >= 4 is 39.0 Å². The van der Waals surface area contributed by atoms with E-state index in [1.54, 1.807) is 35.2 Å². The van der Waals surface area contributed by atoms with E-state index < -0.39 is 10.0 Å². The predicted molar refractivity (Wildman–Crippen MR) is 130 cm³/mol. The Morgan fingerprint density at radius 2 is 1.57 bits per heavy atom. The van der Waals surface area contributed by atoms with Crippen LogP contribution < -0.4 is 29.7 Å². The summed E-state index contributed by atoms with van der Waals surface area (Å²) in [7, 11) is -3.86. The van der Waals surface area contributed by atoms with E-state index >= 15 is 0 Å². The molecule has 0 saturated carbocycles. The molecule has 3 aromatic rings. The lowest BCUT2D eigenvalue weighted by molar-refractivity contribution is 0.102. The lowest BCUT2D eigenvalue weighted by Crippen LogP contribution is -2.27. The molecule has 0 radical (unpaired) electrons. The first kappa shape index (κ1) is 22.5. The third-order valence-corrected chi connectivity index (χ3v) is 6.90. The molecule has 3 amide bonds. The van der Waals surface area contributed by atoms with Crippen LogP contribution in [0, 0.1) is 0 Å². The van der Waals surface area contributed by atoms with Crippen molar-refractivity contribution in [2.75, 3.05) is 41.2 Å². The molecule has 3 N–H and O–H groups in total. The third-order valence-electron chi connectivity index (χ3n) is 5.52. The topological polar surface area (TPSA) is 126 Å². The van der Waals surface area contributed by atoms with Gasteiger partial charge in [-0.1, -0.05) is 0 Å². The Morgan fingerprint density at radius 1 is 0.886 bits per heavy atom. The molecule has 10 nitrogen and oxygen atoms in total. The van der Waals surface area contributed by atoms with Gasteiger partial charge in [-0.25, -0.2) is 13.2 Å². The Hall–Kier alpha value is -4.25. The molecule has 0 atom stereocenters. The SMILES string of the molecule is O=C(Nc1ccc(N2CCNC2=O)cc1)c1ccc(NS(=O)(=O)c2ccc3c(c2)OCCO3)cc1. The molecule has 0 aliphatic carbocycles. The number of amides is 3. The lowest BCUT2D eigenvalue weighted by atomic mass is 10.2. The molecule has 2 heterocycles. The van der Waals surface area contributed by atoms with Crippen LogP contribution in [0.3, 0.4) is 0 Å². The van der Waals surface area contributed by atoms with Gasteiger partial charge in [0.05, 0.1) is 4.90 Å². The Bertz CT molecular complexity index is 1370. The highest BCUT2D eigenvalue weighted by Gasteiger charge is 2.21. The zero-order chi connectivity index (χ0) is 24.4. The minimum absolute atomic E-state index is 0.0402. The maximum atomic E-state index is 12.8. The van der Waals surface area contributed by atoms with Crippen molar-refractivity contribution in [2.24, 2.45) is 0 Å². The molecule has 3 aromatic carbocycles. The van der Waals surface area contributed by atoms with Crippen LogP contribution in [-0.4, -0.2) is 46.7 Å². The first-order valence-electron chi connectivity index (χ1n) is 10.9. The molecule has 0 unspecified atom stereocenters. The molecule has 2 aliphatic rings. The standard InChI is InChI=1S/C24H22N4O6S/c29-23(26-17-5-7-19(8-6-17)28-12-11-25-24(28)30)16-1-3-18(4-2-16)27-35(31,32)20-9-10-21-22(15-20)34-14-13-33-21/h1-10,15,27H,11-14H2,(H,25,30)(H,26,29). The maximum Gasteiger partial charge on any atom is 0.321 e. The molecule has 0 bridgehead atoms. The van der Waals surface area contributed by atoms with Crippen molar-refractivity contribution < 1.29 is 27.5 Å². The van der Waals surface area contributed by atoms with Gasteiger partial charge in [-0.05, 0) is 60.7 Å². The first-order valence-corrected chi connectivity index (χ1v) is 12.4. The summed E-state index contributed by atoms with van der Waals surface area (Å²) < 4.78 is 38.9. The van der Waals surface area contributed by atoms with Gasteiger partial charge in [-0.3, -0.25) is 14.4 Å². The molecule has 1 saturated heterocycles. The van der Waals surface area contributed by atoms with E-state index in [9.17, 15) is 18.0 Å². The molecule has 1 fully saturated rings. The largest absolute Gasteiger partial charge is 0.486 e. The second-order valence-corrected chi connectivity index (χ2v) is 9.56. The van der Waals surface area contributed by atoms with Gasteiger partial charge in [0.15, 0.2) is 11.5 Å². The zero-order valence-electron chi connectivity index (χ0n) is 18.5. The van der Waals surface area contributed by atoms with E-state index in [2.05, 4.69) is 15.4 Å². The lowest BCUT2D eigenvalue weighted by Gasteiger charge is -2.19. The summed E-state index contributed by atoms with van der Waals surface area (Å²) in [5, 5.41) is 5.53. The summed E-state index contributed by atoms with van der Waals surface area (Å²) in [5.41, 5.74) is 1.98. The van der Waals surface area contributed by atoms with Crippen LogP contribution in [0.4, 0.5) is 21.9 Å². The quantitative estimate of drug-likeness (QED) is 0.484. The van der Waals surface area contributed by atoms with E-state index in [-0.39, 0.29) is 16.8 Å². The Balaban J connectivity index is 1.23. The number of benzene rings is 3. The number of fused-ring (bicyclic) bond motifs is 1. The van der Waals surface area contributed by atoms with E-state index in [0.29, 0.717) is 54.7 Å². The smallest absolute Gasteiger partial charge is 0.321 e. The van der Waals surface area contributed by atoms with Gasteiger partial charge in [0.25, 0.3) is 15.9 Å². The highest BCUT2D eigenvalue weighted by atomic mass is 32.2. The summed E-state index contributed by atoms with van der Waals surface area (Å²) in [6.45, 7) is 1.96.